The van der Waals surface area contributed by atoms with Gasteiger partial charge in [-0.25, -0.2) is 0 Å². The van der Waals surface area contributed by atoms with Crippen LogP contribution >= 0.6 is 11.6 Å². The number of halogens is 1. The van der Waals surface area contributed by atoms with E-state index in [1.807, 2.05) is 18.2 Å². The van der Waals surface area contributed by atoms with E-state index in [0.717, 1.165) is 24.5 Å². The van der Waals surface area contributed by atoms with Gasteiger partial charge in [0, 0.05) is 42.4 Å². The first kappa shape index (κ1) is 13.7. The van der Waals surface area contributed by atoms with Crippen molar-refractivity contribution in [2.75, 3.05) is 31.6 Å². The fourth-order valence-electron chi connectivity index (χ4n) is 2.53. The minimum Gasteiger partial charge on any atom is -0.370 e. The molecule has 18 heavy (non-hydrogen) atoms. The van der Waals surface area contributed by atoms with Crippen LogP contribution in [0, 0.1) is 0 Å². The molecule has 2 atom stereocenters. The van der Waals surface area contributed by atoms with E-state index in [0.29, 0.717) is 18.6 Å². The summed E-state index contributed by atoms with van der Waals surface area (Å²) < 4.78 is 0. The summed E-state index contributed by atoms with van der Waals surface area (Å²) in [7, 11) is 2.17. The van der Waals surface area contributed by atoms with Crippen LogP contribution < -0.4 is 10.6 Å². The summed E-state index contributed by atoms with van der Waals surface area (Å²) in [5.74, 6) is 0. The van der Waals surface area contributed by atoms with Crippen molar-refractivity contribution in [2.45, 2.75) is 25.4 Å². The van der Waals surface area contributed by atoms with Crippen LogP contribution in [0.1, 0.15) is 13.3 Å². The molecule has 0 amide bonds. The summed E-state index contributed by atoms with van der Waals surface area (Å²) in [4.78, 5) is 4.79. The largest absolute Gasteiger partial charge is 0.370 e. The lowest BCUT2D eigenvalue weighted by Crippen LogP contribution is -2.46. The van der Waals surface area contributed by atoms with Gasteiger partial charge >= 0.3 is 0 Å². The predicted octanol–water partition coefficient (Wildman–Crippen LogP) is 2.20. The maximum Gasteiger partial charge on any atom is 0.0426 e. The Morgan fingerprint density at radius 1 is 1.44 bits per heavy atom. The van der Waals surface area contributed by atoms with Crippen molar-refractivity contribution in [2.24, 2.45) is 5.73 Å². The molecule has 0 aromatic heterocycles. The number of hydrogen-bond acceptors (Lipinski definition) is 3. The molecule has 0 aliphatic carbocycles. The molecule has 0 saturated carbocycles. The van der Waals surface area contributed by atoms with Crippen molar-refractivity contribution >= 4 is 17.3 Å². The molecule has 1 aromatic rings. The predicted molar refractivity (Wildman–Crippen MR) is 78.3 cm³/mol. The molecular formula is C14H22ClN3. The van der Waals surface area contributed by atoms with Crippen LogP contribution in [0.2, 0.25) is 5.02 Å². The first-order valence-electron chi connectivity index (χ1n) is 6.54. The Bertz CT molecular complexity index is 396. The van der Waals surface area contributed by atoms with E-state index < -0.39 is 0 Å². The third-order valence-corrected chi connectivity index (χ3v) is 4.20. The number of benzene rings is 1. The lowest BCUT2D eigenvalue weighted by Gasteiger charge is -2.31. The van der Waals surface area contributed by atoms with Gasteiger partial charge in [-0.1, -0.05) is 17.7 Å². The Kier molecular flexibility index (Phi) is 4.49. The fourth-order valence-corrected chi connectivity index (χ4v) is 2.71. The number of likely N-dealkylation sites (N-methyl/N-ethyl adjacent to an activating group) is 1. The first-order valence-corrected chi connectivity index (χ1v) is 6.92. The zero-order valence-electron chi connectivity index (χ0n) is 11.1. The smallest absolute Gasteiger partial charge is 0.0426 e. The highest BCUT2D eigenvalue weighted by atomic mass is 35.5. The van der Waals surface area contributed by atoms with Gasteiger partial charge in [-0.05, 0) is 38.6 Å². The van der Waals surface area contributed by atoms with E-state index in [2.05, 4.69) is 29.8 Å². The minimum absolute atomic E-state index is 0.404. The molecule has 1 fully saturated rings. The summed E-state index contributed by atoms with van der Waals surface area (Å²) >= 11 is 6.07. The molecule has 0 bridgehead atoms. The molecule has 2 rings (SSSR count). The molecular weight excluding hydrogens is 246 g/mol. The number of anilines is 1. The zero-order chi connectivity index (χ0) is 13.1. The maximum absolute atomic E-state index is 6.07. The average Bonchev–Trinajstić information content (AvgIpc) is 2.51. The topological polar surface area (TPSA) is 32.5 Å². The quantitative estimate of drug-likeness (QED) is 0.892. The van der Waals surface area contributed by atoms with Crippen LogP contribution in [0.3, 0.4) is 0 Å². The zero-order valence-corrected chi connectivity index (χ0v) is 11.9. The van der Waals surface area contributed by atoms with Gasteiger partial charge in [-0.15, -0.1) is 0 Å². The number of nitrogens with two attached hydrogens (primary N) is 1. The highest BCUT2D eigenvalue weighted by Gasteiger charge is 2.25. The van der Waals surface area contributed by atoms with Gasteiger partial charge in [0.2, 0.25) is 0 Å². The van der Waals surface area contributed by atoms with E-state index in [9.17, 15) is 0 Å². The third kappa shape index (κ3) is 2.97. The molecule has 100 valence electrons. The Labute approximate surface area is 115 Å². The molecule has 1 aromatic carbocycles. The second-order valence-corrected chi connectivity index (χ2v) is 5.56. The van der Waals surface area contributed by atoms with Crippen molar-refractivity contribution in [3.63, 3.8) is 0 Å². The Morgan fingerprint density at radius 2 is 2.22 bits per heavy atom. The molecule has 1 aliphatic rings. The first-order chi connectivity index (χ1) is 8.61. The molecule has 3 nitrogen and oxygen atoms in total. The highest BCUT2D eigenvalue weighted by molar-refractivity contribution is 6.30. The average molecular weight is 268 g/mol. The standard InChI is InChI=1S/C14H22ClN3/c1-11-6-7-18(10-14(9-16)17(11)2)13-5-3-4-12(15)8-13/h3-5,8,11,14H,6-7,9-10,16H2,1-2H3. The maximum atomic E-state index is 6.07. The van der Waals surface area contributed by atoms with E-state index in [1.165, 1.54) is 5.69 Å². The molecule has 2 N–H and O–H groups in total. The van der Waals surface area contributed by atoms with E-state index in [4.69, 9.17) is 17.3 Å². The lowest BCUT2D eigenvalue weighted by molar-refractivity contribution is 0.201. The summed E-state index contributed by atoms with van der Waals surface area (Å²) in [6.07, 6.45) is 1.15. The van der Waals surface area contributed by atoms with E-state index in [-0.39, 0.29) is 0 Å². The monoisotopic (exact) mass is 267 g/mol. The number of nitrogens with zero attached hydrogens (tertiary/aromatic N) is 2. The van der Waals surface area contributed by atoms with Gasteiger partial charge in [0.25, 0.3) is 0 Å². The van der Waals surface area contributed by atoms with Gasteiger partial charge < -0.3 is 10.6 Å². The molecule has 0 spiro atoms. The molecule has 4 heteroatoms. The molecule has 1 saturated heterocycles. The van der Waals surface area contributed by atoms with Gasteiger partial charge in [0.05, 0.1) is 0 Å². The molecule has 1 heterocycles. The van der Waals surface area contributed by atoms with Crippen LogP contribution in [0.25, 0.3) is 0 Å². The van der Waals surface area contributed by atoms with Crippen molar-refractivity contribution in [3.05, 3.63) is 29.3 Å². The minimum atomic E-state index is 0.404. The van der Waals surface area contributed by atoms with Crippen LogP contribution in [0.4, 0.5) is 5.69 Å². The lowest BCUT2D eigenvalue weighted by atomic mass is 10.2. The summed E-state index contributed by atoms with van der Waals surface area (Å²) in [5, 5.41) is 0.794. The van der Waals surface area contributed by atoms with Gasteiger partial charge in [-0.2, -0.15) is 0 Å². The Hall–Kier alpha value is -0.770. The molecule has 0 radical (unpaired) electrons. The summed E-state index contributed by atoms with van der Waals surface area (Å²) in [5.41, 5.74) is 7.10. The van der Waals surface area contributed by atoms with Gasteiger partial charge in [0.15, 0.2) is 0 Å². The highest BCUT2D eigenvalue weighted by Crippen LogP contribution is 2.23. The summed E-state index contributed by atoms with van der Waals surface area (Å²) in [6.45, 7) is 4.99. The van der Waals surface area contributed by atoms with Crippen molar-refractivity contribution in [1.29, 1.82) is 0 Å². The van der Waals surface area contributed by atoms with Crippen molar-refractivity contribution in [1.82, 2.24) is 4.90 Å². The molecule has 2 unspecified atom stereocenters. The van der Waals surface area contributed by atoms with Crippen molar-refractivity contribution in [3.8, 4) is 0 Å². The fraction of sp³-hybridized carbons (Fsp3) is 0.571. The van der Waals surface area contributed by atoms with Crippen LogP contribution in [-0.2, 0) is 0 Å². The van der Waals surface area contributed by atoms with E-state index >= 15 is 0 Å². The number of rotatable bonds is 2. The van der Waals surface area contributed by atoms with Crippen molar-refractivity contribution < 1.29 is 0 Å². The second kappa shape index (κ2) is 5.91. The van der Waals surface area contributed by atoms with Crippen LogP contribution in [0.15, 0.2) is 24.3 Å². The Morgan fingerprint density at radius 3 is 2.89 bits per heavy atom. The second-order valence-electron chi connectivity index (χ2n) is 5.12. The van der Waals surface area contributed by atoms with Gasteiger partial charge in [0.1, 0.15) is 0 Å². The third-order valence-electron chi connectivity index (χ3n) is 3.96. The normalized spacial score (nSPS) is 26.1. The van der Waals surface area contributed by atoms with Crippen LogP contribution in [-0.4, -0.2) is 43.7 Å². The summed E-state index contributed by atoms with van der Waals surface area (Å²) in [6, 6.07) is 9.05. The van der Waals surface area contributed by atoms with E-state index in [1.54, 1.807) is 0 Å². The molecule has 1 aliphatic heterocycles. The Balaban J connectivity index is 2.19. The van der Waals surface area contributed by atoms with Gasteiger partial charge in [-0.3, -0.25) is 4.90 Å². The number of hydrogen-bond donors (Lipinski definition) is 1. The SMILES string of the molecule is CC1CCN(c2cccc(Cl)c2)CC(CN)N1C. The van der Waals surface area contributed by atoms with Crippen LogP contribution in [0.5, 0.6) is 0 Å².